The van der Waals surface area contributed by atoms with Gasteiger partial charge in [-0.2, -0.15) is 0 Å². The Morgan fingerprint density at radius 2 is 2.23 bits per heavy atom. The van der Waals surface area contributed by atoms with Crippen molar-refractivity contribution < 1.29 is 4.79 Å². The Morgan fingerprint density at radius 1 is 1.41 bits per heavy atom. The lowest BCUT2D eigenvalue weighted by Crippen LogP contribution is -2.40. The average molecular weight is 315 g/mol. The predicted molar refractivity (Wildman–Crippen MR) is 89.1 cm³/mol. The Balaban J connectivity index is 1.61. The van der Waals surface area contributed by atoms with E-state index in [1.165, 1.54) is 4.90 Å². The molecule has 1 atom stereocenters. The largest absolute Gasteiger partial charge is 0.348 e. The van der Waals surface area contributed by atoms with Crippen LogP contribution in [0.15, 0.2) is 41.6 Å². The first-order chi connectivity index (χ1) is 10.8. The maximum absolute atomic E-state index is 12.5. The molecule has 0 spiro atoms. The van der Waals surface area contributed by atoms with Crippen LogP contribution in [-0.2, 0) is 11.2 Å². The molecule has 2 heterocycles. The van der Waals surface area contributed by atoms with E-state index < -0.39 is 0 Å². The summed E-state index contributed by atoms with van der Waals surface area (Å²) in [4.78, 5) is 23.3. The van der Waals surface area contributed by atoms with E-state index in [-0.39, 0.29) is 5.91 Å². The topological polar surface area (TPSA) is 49.0 Å². The third-order valence-electron chi connectivity index (χ3n) is 4.19. The number of aromatic nitrogens is 2. The zero-order chi connectivity index (χ0) is 15.4. The van der Waals surface area contributed by atoms with Gasteiger partial charge in [0.25, 0.3) is 0 Å². The molecule has 3 rings (SSSR count). The van der Waals surface area contributed by atoms with Crippen molar-refractivity contribution in [2.75, 3.05) is 19.3 Å². The molecular weight excluding hydrogens is 294 g/mol. The molecule has 4 nitrogen and oxygen atoms in total. The molecule has 0 bridgehead atoms. The highest BCUT2D eigenvalue weighted by molar-refractivity contribution is 7.98. The van der Waals surface area contributed by atoms with Gasteiger partial charge < -0.3 is 9.88 Å². The third-order valence-corrected chi connectivity index (χ3v) is 4.94. The number of hydrogen-bond acceptors (Lipinski definition) is 3. The summed E-state index contributed by atoms with van der Waals surface area (Å²) in [5, 5.41) is 0. The molecule has 0 saturated carbocycles. The SMILES string of the molecule is CSc1ccc(CC(=O)N2CCC[C@H](c3ncc[nH]3)C2)cc1. The van der Waals surface area contributed by atoms with Crippen LogP contribution in [0.3, 0.4) is 0 Å². The van der Waals surface area contributed by atoms with Crippen molar-refractivity contribution >= 4 is 17.7 Å². The molecule has 0 unspecified atom stereocenters. The van der Waals surface area contributed by atoms with E-state index in [9.17, 15) is 4.79 Å². The Bertz CT molecular complexity index is 609. The zero-order valence-corrected chi connectivity index (χ0v) is 13.6. The second-order valence-corrected chi connectivity index (χ2v) is 6.56. The first kappa shape index (κ1) is 15.2. The van der Waals surface area contributed by atoms with E-state index >= 15 is 0 Å². The van der Waals surface area contributed by atoms with Crippen LogP contribution in [0.1, 0.15) is 30.1 Å². The molecule has 1 aliphatic rings. The second kappa shape index (κ2) is 7.01. The van der Waals surface area contributed by atoms with Gasteiger partial charge in [-0.05, 0) is 36.8 Å². The highest BCUT2D eigenvalue weighted by Crippen LogP contribution is 2.25. The Hall–Kier alpha value is -1.75. The van der Waals surface area contributed by atoms with E-state index in [4.69, 9.17) is 0 Å². The van der Waals surface area contributed by atoms with Crippen molar-refractivity contribution in [2.45, 2.75) is 30.1 Å². The Labute approximate surface area is 135 Å². The fourth-order valence-electron chi connectivity index (χ4n) is 2.96. The fourth-order valence-corrected chi connectivity index (χ4v) is 3.37. The van der Waals surface area contributed by atoms with Crippen molar-refractivity contribution in [1.29, 1.82) is 0 Å². The van der Waals surface area contributed by atoms with Gasteiger partial charge in [0.15, 0.2) is 0 Å². The van der Waals surface area contributed by atoms with Crippen LogP contribution in [0.25, 0.3) is 0 Å². The summed E-state index contributed by atoms with van der Waals surface area (Å²) in [6, 6.07) is 8.26. The van der Waals surface area contributed by atoms with Crippen LogP contribution < -0.4 is 0 Å². The van der Waals surface area contributed by atoms with Gasteiger partial charge >= 0.3 is 0 Å². The molecular formula is C17H21N3OS. The number of imidazole rings is 1. The quantitative estimate of drug-likeness (QED) is 0.882. The molecule has 1 aromatic heterocycles. The standard InChI is InChI=1S/C17H21N3OS/c1-22-15-6-4-13(5-7-15)11-16(21)20-10-2-3-14(12-20)17-18-8-9-19-17/h4-9,14H,2-3,10-12H2,1H3,(H,18,19)/t14-/m0/s1. The number of rotatable bonds is 4. The van der Waals surface area contributed by atoms with Gasteiger partial charge in [0.05, 0.1) is 6.42 Å². The summed E-state index contributed by atoms with van der Waals surface area (Å²) in [5.41, 5.74) is 1.09. The number of benzene rings is 1. The molecule has 0 radical (unpaired) electrons. The van der Waals surface area contributed by atoms with E-state index in [1.807, 2.05) is 11.1 Å². The van der Waals surface area contributed by atoms with Gasteiger partial charge in [0, 0.05) is 36.3 Å². The number of piperidine rings is 1. The summed E-state index contributed by atoms with van der Waals surface area (Å²) < 4.78 is 0. The monoisotopic (exact) mass is 315 g/mol. The molecule has 0 aliphatic carbocycles. The number of carbonyl (C=O) groups is 1. The van der Waals surface area contributed by atoms with Crippen LogP contribution in [0.5, 0.6) is 0 Å². The fraction of sp³-hybridized carbons (Fsp3) is 0.412. The van der Waals surface area contributed by atoms with Gasteiger partial charge in [-0.3, -0.25) is 4.79 Å². The summed E-state index contributed by atoms with van der Waals surface area (Å²) >= 11 is 1.72. The molecule has 1 fully saturated rings. The van der Waals surface area contributed by atoms with E-state index in [2.05, 4.69) is 40.5 Å². The number of H-pyrrole nitrogens is 1. The minimum absolute atomic E-state index is 0.216. The van der Waals surface area contributed by atoms with Crippen LogP contribution in [0.2, 0.25) is 0 Å². The second-order valence-electron chi connectivity index (χ2n) is 5.68. The predicted octanol–water partition coefficient (Wildman–Crippen LogP) is 3.08. The normalized spacial score (nSPS) is 18.4. The molecule has 1 saturated heterocycles. The maximum Gasteiger partial charge on any atom is 0.227 e. The van der Waals surface area contributed by atoms with Gasteiger partial charge in [-0.15, -0.1) is 11.8 Å². The minimum atomic E-state index is 0.216. The minimum Gasteiger partial charge on any atom is -0.348 e. The molecule has 1 aromatic carbocycles. The van der Waals surface area contributed by atoms with E-state index in [0.29, 0.717) is 12.3 Å². The zero-order valence-electron chi connectivity index (χ0n) is 12.8. The number of nitrogens with one attached hydrogen (secondary N) is 1. The number of amides is 1. The highest BCUT2D eigenvalue weighted by Gasteiger charge is 2.25. The molecule has 1 N–H and O–H groups in total. The lowest BCUT2D eigenvalue weighted by Gasteiger charge is -2.32. The number of likely N-dealkylation sites (tertiary alicyclic amines) is 1. The smallest absolute Gasteiger partial charge is 0.227 e. The van der Waals surface area contributed by atoms with Crippen LogP contribution in [0, 0.1) is 0 Å². The van der Waals surface area contributed by atoms with Crippen LogP contribution >= 0.6 is 11.8 Å². The van der Waals surface area contributed by atoms with E-state index in [0.717, 1.165) is 37.3 Å². The number of hydrogen-bond donors (Lipinski definition) is 1. The molecule has 2 aromatic rings. The van der Waals surface area contributed by atoms with Crippen molar-refractivity contribution in [2.24, 2.45) is 0 Å². The molecule has 116 valence electrons. The van der Waals surface area contributed by atoms with Crippen molar-refractivity contribution in [3.8, 4) is 0 Å². The Kier molecular flexibility index (Phi) is 4.83. The molecule has 5 heteroatoms. The average Bonchev–Trinajstić information content (AvgIpc) is 3.10. The molecule has 1 amide bonds. The highest BCUT2D eigenvalue weighted by atomic mass is 32.2. The first-order valence-corrected chi connectivity index (χ1v) is 8.88. The third kappa shape index (κ3) is 3.53. The van der Waals surface area contributed by atoms with Crippen molar-refractivity contribution in [3.05, 3.63) is 48.0 Å². The Morgan fingerprint density at radius 3 is 2.91 bits per heavy atom. The first-order valence-electron chi connectivity index (χ1n) is 7.66. The van der Waals surface area contributed by atoms with Gasteiger partial charge in [0.2, 0.25) is 5.91 Å². The van der Waals surface area contributed by atoms with Gasteiger partial charge in [-0.1, -0.05) is 12.1 Å². The summed E-state index contributed by atoms with van der Waals surface area (Å²) in [6.07, 6.45) is 8.32. The number of carbonyl (C=O) groups excluding carboxylic acids is 1. The van der Waals surface area contributed by atoms with E-state index in [1.54, 1.807) is 18.0 Å². The summed E-state index contributed by atoms with van der Waals surface area (Å²) in [5.74, 6) is 1.56. The number of nitrogens with zero attached hydrogens (tertiary/aromatic N) is 2. The van der Waals surface area contributed by atoms with Crippen molar-refractivity contribution in [1.82, 2.24) is 14.9 Å². The van der Waals surface area contributed by atoms with Gasteiger partial charge in [-0.25, -0.2) is 4.98 Å². The number of thioether (sulfide) groups is 1. The van der Waals surface area contributed by atoms with Crippen molar-refractivity contribution in [3.63, 3.8) is 0 Å². The molecule has 1 aliphatic heterocycles. The number of aromatic amines is 1. The summed E-state index contributed by atoms with van der Waals surface area (Å²) in [7, 11) is 0. The van der Waals surface area contributed by atoms with Gasteiger partial charge in [0.1, 0.15) is 5.82 Å². The summed E-state index contributed by atoms with van der Waals surface area (Å²) in [6.45, 7) is 1.63. The maximum atomic E-state index is 12.5. The lowest BCUT2D eigenvalue weighted by atomic mass is 9.97. The molecule has 22 heavy (non-hydrogen) atoms. The lowest BCUT2D eigenvalue weighted by molar-refractivity contribution is -0.131. The van der Waals surface area contributed by atoms with Crippen LogP contribution in [-0.4, -0.2) is 40.1 Å². The van der Waals surface area contributed by atoms with Crippen LogP contribution in [0.4, 0.5) is 0 Å².